The molecule has 1 atom stereocenters. The van der Waals surface area contributed by atoms with Crippen molar-refractivity contribution < 1.29 is 19.1 Å². The van der Waals surface area contributed by atoms with Crippen LogP contribution in [0.2, 0.25) is 0 Å². The van der Waals surface area contributed by atoms with Gasteiger partial charge >= 0.3 is 5.97 Å². The van der Waals surface area contributed by atoms with Crippen molar-refractivity contribution in [2.24, 2.45) is 5.41 Å². The molecular formula is C20H20O4S. The highest BCUT2D eigenvalue weighted by Crippen LogP contribution is 2.44. The summed E-state index contributed by atoms with van der Waals surface area (Å²) in [6.45, 7) is 5.27. The zero-order valence-corrected chi connectivity index (χ0v) is 15.3. The van der Waals surface area contributed by atoms with Crippen LogP contribution in [0, 0.1) is 5.41 Å². The lowest BCUT2D eigenvalue weighted by atomic mass is 9.78. The Balaban J connectivity index is 1.96. The Kier molecular flexibility index (Phi) is 4.37. The molecule has 3 rings (SSSR count). The summed E-state index contributed by atoms with van der Waals surface area (Å²) in [6, 6.07) is 10.5. The molecule has 1 unspecified atom stereocenters. The molecule has 1 aliphatic carbocycles. The van der Waals surface area contributed by atoms with E-state index in [1.807, 2.05) is 11.4 Å². The van der Waals surface area contributed by atoms with Crippen LogP contribution in [0.3, 0.4) is 0 Å². The molecule has 0 amide bonds. The third-order valence-electron chi connectivity index (χ3n) is 4.23. The molecule has 4 nitrogen and oxygen atoms in total. The van der Waals surface area contributed by atoms with Crippen LogP contribution in [0.15, 0.2) is 41.8 Å². The van der Waals surface area contributed by atoms with Gasteiger partial charge in [-0.05, 0) is 32.2 Å². The number of hydrogen-bond donors (Lipinski definition) is 0. The minimum Gasteiger partial charge on any atom is -0.459 e. The summed E-state index contributed by atoms with van der Waals surface area (Å²) < 4.78 is 5.53. The second kappa shape index (κ2) is 6.23. The molecule has 25 heavy (non-hydrogen) atoms. The van der Waals surface area contributed by atoms with Crippen LogP contribution in [0.5, 0.6) is 0 Å². The molecule has 0 radical (unpaired) electrons. The van der Waals surface area contributed by atoms with Crippen LogP contribution in [0.4, 0.5) is 0 Å². The Hall–Kier alpha value is -2.27. The van der Waals surface area contributed by atoms with Crippen molar-refractivity contribution in [3.8, 4) is 0 Å². The normalized spacial score (nSPS) is 19.6. The van der Waals surface area contributed by atoms with E-state index in [9.17, 15) is 14.4 Å². The average Bonchev–Trinajstić information content (AvgIpc) is 3.09. The quantitative estimate of drug-likeness (QED) is 0.470. The van der Waals surface area contributed by atoms with Crippen LogP contribution in [-0.2, 0) is 16.0 Å². The van der Waals surface area contributed by atoms with Gasteiger partial charge in [0.25, 0.3) is 0 Å². The first-order valence-corrected chi connectivity index (χ1v) is 9.04. The fraction of sp³-hybridized carbons (Fsp3) is 0.350. The molecule has 0 bridgehead atoms. The molecule has 1 aliphatic rings. The Morgan fingerprint density at radius 3 is 2.44 bits per heavy atom. The predicted molar refractivity (Wildman–Crippen MR) is 96.0 cm³/mol. The molecule has 1 aromatic heterocycles. The van der Waals surface area contributed by atoms with E-state index in [0.29, 0.717) is 11.1 Å². The van der Waals surface area contributed by atoms with Gasteiger partial charge in [0.2, 0.25) is 0 Å². The number of rotatable bonds is 4. The number of carbonyl (C=O) groups is 3. The maximum atomic E-state index is 13.0. The Labute approximate surface area is 150 Å². The molecule has 0 saturated carbocycles. The Morgan fingerprint density at radius 2 is 1.84 bits per heavy atom. The number of thiophene rings is 1. The number of benzene rings is 1. The second-order valence-electron chi connectivity index (χ2n) is 7.31. The molecule has 0 saturated heterocycles. The summed E-state index contributed by atoms with van der Waals surface area (Å²) in [4.78, 5) is 39.5. The second-order valence-corrected chi connectivity index (χ2v) is 8.31. The summed E-state index contributed by atoms with van der Waals surface area (Å²) in [5.41, 5.74) is -1.15. The summed E-state index contributed by atoms with van der Waals surface area (Å²) in [6.07, 6.45) is 0.0540. The Morgan fingerprint density at radius 1 is 1.16 bits per heavy atom. The zero-order chi connectivity index (χ0) is 18.2. The molecule has 0 spiro atoms. The van der Waals surface area contributed by atoms with Gasteiger partial charge in [-0.3, -0.25) is 14.4 Å². The van der Waals surface area contributed by atoms with E-state index in [1.165, 1.54) is 11.3 Å². The van der Waals surface area contributed by atoms with Crippen LogP contribution in [0.1, 0.15) is 52.8 Å². The minimum absolute atomic E-state index is 0.174. The first kappa shape index (κ1) is 17.5. The molecule has 0 fully saturated rings. The maximum absolute atomic E-state index is 13.0. The largest absolute Gasteiger partial charge is 0.459 e. The molecule has 5 heteroatoms. The topological polar surface area (TPSA) is 60.4 Å². The molecule has 0 aliphatic heterocycles. The van der Waals surface area contributed by atoms with Crippen molar-refractivity contribution in [2.75, 3.05) is 0 Å². The van der Waals surface area contributed by atoms with Crippen molar-refractivity contribution >= 4 is 28.9 Å². The maximum Gasteiger partial charge on any atom is 0.321 e. The van der Waals surface area contributed by atoms with Crippen molar-refractivity contribution in [3.05, 3.63) is 57.8 Å². The van der Waals surface area contributed by atoms with E-state index in [0.717, 1.165) is 4.88 Å². The molecule has 1 heterocycles. The number of carbonyl (C=O) groups excluding carboxylic acids is 3. The van der Waals surface area contributed by atoms with E-state index in [2.05, 4.69) is 0 Å². The lowest BCUT2D eigenvalue weighted by Gasteiger charge is -2.29. The fourth-order valence-electron chi connectivity index (χ4n) is 3.05. The van der Waals surface area contributed by atoms with E-state index < -0.39 is 17.0 Å². The number of ketones is 2. The zero-order valence-electron chi connectivity index (χ0n) is 14.5. The number of ether oxygens (including phenoxy) is 1. The average molecular weight is 356 g/mol. The first-order chi connectivity index (χ1) is 11.7. The van der Waals surface area contributed by atoms with E-state index >= 15 is 0 Å². The highest BCUT2D eigenvalue weighted by molar-refractivity contribution is 7.10. The van der Waals surface area contributed by atoms with Crippen LogP contribution < -0.4 is 0 Å². The fourth-order valence-corrected chi connectivity index (χ4v) is 4.03. The van der Waals surface area contributed by atoms with Gasteiger partial charge in [-0.2, -0.15) is 0 Å². The van der Waals surface area contributed by atoms with Gasteiger partial charge < -0.3 is 4.74 Å². The van der Waals surface area contributed by atoms with Gasteiger partial charge in [0.1, 0.15) is 11.0 Å². The predicted octanol–water partition coefficient (Wildman–Crippen LogP) is 4.09. The molecule has 0 N–H and O–H groups in total. The smallest absolute Gasteiger partial charge is 0.321 e. The van der Waals surface area contributed by atoms with Gasteiger partial charge in [-0.15, -0.1) is 11.3 Å². The summed E-state index contributed by atoms with van der Waals surface area (Å²) >= 11 is 1.44. The van der Waals surface area contributed by atoms with Crippen molar-refractivity contribution in [2.45, 2.75) is 39.2 Å². The van der Waals surface area contributed by atoms with Gasteiger partial charge in [0, 0.05) is 28.8 Å². The van der Waals surface area contributed by atoms with Gasteiger partial charge in [0.15, 0.2) is 11.6 Å². The lowest BCUT2D eigenvalue weighted by Crippen LogP contribution is -2.43. The monoisotopic (exact) mass is 356 g/mol. The first-order valence-electron chi connectivity index (χ1n) is 8.16. The van der Waals surface area contributed by atoms with Crippen LogP contribution >= 0.6 is 11.3 Å². The van der Waals surface area contributed by atoms with E-state index in [1.54, 1.807) is 51.1 Å². The van der Waals surface area contributed by atoms with Gasteiger partial charge in [0.05, 0.1) is 0 Å². The van der Waals surface area contributed by atoms with Crippen molar-refractivity contribution in [1.82, 2.24) is 0 Å². The lowest BCUT2D eigenvalue weighted by molar-refractivity contribution is -0.164. The molecule has 2 aromatic rings. The van der Waals surface area contributed by atoms with E-state index in [4.69, 9.17) is 4.74 Å². The third-order valence-corrected chi connectivity index (χ3v) is 5.16. The summed E-state index contributed by atoms with van der Waals surface area (Å²) in [7, 11) is 0. The van der Waals surface area contributed by atoms with Crippen LogP contribution in [0.25, 0.3) is 0 Å². The number of Topliss-reactive ketones (excluding diaryl/α,β-unsaturated/α-hetero) is 2. The third kappa shape index (κ3) is 3.29. The number of esters is 1. The molecule has 130 valence electrons. The standard InChI is InChI=1S/C20H20O4S/c1-19(2,3)24-18(23)20(11-15(21)13-7-5-4-6-8-13)12-16-14(17(20)22)9-10-25-16/h4-10H,11-12H2,1-3H3. The highest BCUT2D eigenvalue weighted by Gasteiger charge is 2.55. The van der Waals surface area contributed by atoms with E-state index in [-0.39, 0.29) is 24.4 Å². The SMILES string of the molecule is CC(C)(C)OC(=O)C1(CC(=O)c2ccccc2)Cc2sccc2C1=O. The van der Waals surface area contributed by atoms with Crippen molar-refractivity contribution in [1.29, 1.82) is 0 Å². The summed E-state index contributed by atoms with van der Waals surface area (Å²) in [5, 5.41) is 1.83. The van der Waals surface area contributed by atoms with Crippen LogP contribution in [-0.4, -0.2) is 23.1 Å². The molecule has 1 aromatic carbocycles. The number of fused-ring (bicyclic) bond motifs is 1. The van der Waals surface area contributed by atoms with Gasteiger partial charge in [-0.1, -0.05) is 30.3 Å². The van der Waals surface area contributed by atoms with Crippen molar-refractivity contribution in [3.63, 3.8) is 0 Å². The highest BCUT2D eigenvalue weighted by atomic mass is 32.1. The van der Waals surface area contributed by atoms with Gasteiger partial charge in [-0.25, -0.2) is 0 Å². The summed E-state index contributed by atoms with van der Waals surface area (Å²) in [5.74, 6) is -1.14. The molecular weight excluding hydrogens is 336 g/mol. The Bertz CT molecular complexity index is 829. The minimum atomic E-state index is -1.46. The number of hydrogen-bond acceptors (Lipinski definition) is 5.